The Kier molecular flexibility index (Phi) is 5.89. The zero-order valence-electron chi connectivity index (χ0n) is 13.1. The number of hydrogen-bond donors (Lipinski definition) is 1. The molecule has 0 radical (unpaired) electrons. The monoisotopic (exact) mass is 332 g/mol. The second kappa shape index (κ2) is 8.10. The first-order valence-corrected chi connectivity index (χ1v) is 7.30. The van der Waals surface area contributed by atoms with Crippen molar-refractivity contribution < 1.29 is 28.6 Å². The maximum Gasteiger partial charge on any atom is 0.341 e. The summed E-state index contributed by atoms with van der Waals surface area (Å²) in [5.74, 6) is -1.85. The molecule has 0 aromatic heterocycles. The fourth-order valence-electron chi connectivity index (χ4n) is 2.11. The summed E-state index contributed by atoms with van der Waals surface area (Å²) in [6, 6.07) is 10.8. The van der Waals surface area contributed by atoms with Crippen LogP contribution < -0.4 is 4.74 Å². The van der Waals surface area contributed by atoms with E-state index in [-0.39, 0.29) is 24.3 Å². The average molecular weight is 332 g/mol. The quantitative estimate of drug-likeness (QED) is 0.788. The van der Waals surface area contributed by atoms with E-state index >= 15 is 0 Å². The molecule has 2 aromatic carbocycles. The van der Waals surface area contributed by atoms with Crippen LogP contribution in [0, 0.1) is 5.82 Å². The largest absolute Gasteiger partial charge is 0.488 e. The first-order valence-electron chi connectivity index (χ1n) is 7.30. The van der Waals surface area contributed by atoms with Gasteiger partial charge in [-0.15, -0.1) is 0 Å². The van der Waals surface area contributed by atoms with E-state index < -0.39 is 17.8 Å². The lowest BCUT2D eigenvalue weighted by atomic mass is 10.1. The van der Waals surface area contributed by atoms with E-state index in [0.29, 0.717) is 6.42 Å². The molecule has 0 saturated carbocycles. The van der Waals surface area contributed by atoms with E-state index in [9.17, 15) is 14.0 Å². The van der Waals surface area contributed by atoms with E-state index in [2.05, 4.69) is 4.74 Å². The van der Waals surface area contributed by atoms with Gasteiger partial charge in [-0.1, -0.05) is 24.3 Å². The molecule has 6 heteroatoms. The number of rotatable bonds is 7. The van der Waals surface area contributed by atoms with E-state index in [4.69, 9.17) is 9.84 Å². The van der Waals surface area contributed by atoms with Crippen molar-refractivity contribution in [2.45, 2.75) is 19.4 Å². The van der Waals surface area contributed by atoms with Gasteiger partial charge in [-0.2, -0.15) is 0 Å². The summed E-state index contributed by atoms with van der Waals surface area (Å²) in [6.45, 7) is 0.145. The molecule has 0 unspecified atom stereocenters. The van der Waals surface area contributed by atoms with E-state index in [0.717, 1.165) is 23.3 Å². The van der Waals surface area contributed by atoms with Crippen LogP contribution in [0.2, 0.25) is 0 Å². The van der Waals surface area contributed by atoms with Gasteiger partial charge in [0.1, 0.15) is 23.7 Å². The van der Waals surface area contributed by atoms with Crippen molar-refractivity contribution >= 4 is 11.9 Å². The van der Waals surface area contributed by atoms with Gasteiger partial charge in [0.2, 0.25) is 0 Å². The number of ether oxygens (including phenoxy) is 2. The summed E-state index contributed by atoms with van der Waals surface area (Å²) in [6.07, 6.45) is 0.522. The molecule has 0 spiro atoms. The molecule has 0 saturated heterocycles. The third-order valence-corrected chi connectivity index (χ3v) is 3.39. The number of aliphatic carboxylic acids is 1. The number of benzene rings is 2. The SMILES string of the molecule is COC(=O)c1ccc(F)cc1OCc1ccc(CCC(=O)O)cc1. The Hall–Kier alpha value is -2.89. The zero-order valence-corrected chi connectivity index (χ0v) is 13.1. The van der Waals surface area contributed by atoms with Crippen LogP contribution in [0.1, 0.15) is 27.9 Å². The molecule has 1 N–H and O–H groups in total. The maximum absolute atomic E-state index is 13.4. The van der Waals surface area contributed by atoms with Crippen LogP contribution in [0.3, 0.4) is 0 Å². The Morgan fingerprint density at radius 1 is 1.08 bits per heavy atom. The molecule has 0 aliphatic rings. The van der Waals surface area contributed by atoms with Crippen LogP contribution in [0.25, 0.3) is 0 Å². The highest BCUT2D eigenvalue weighted by Gasteiger charge is 2.14. The molecule has 0 heterocycles. The molecule has 0 fully saturated rings. The number of carbonyl (C=O) groups is 2. The molecule has 2 aromatic rings. The summed E-state index contributed by atoms with van der Waals surface area (Å²) in [4.78, 5) is 22.2. The third-order valence-electron chi connectivity index (χ3n) is 3.39. The van der Waals surface area contributed by atoms with Gasteiger partial charge in [-0.3, -0.25) is 4.79 Å². The number of esters is 1. The highest BCUT2D eigenvalue weighted by atomic mass is 19.1. The summed E-state index contributed by atoms with van der Waals surface area (Å²) >= 11 is 0. The molecule has 24 heavy (non-hydrogen) atoms. The van der Waals surface area contributed by atoms with Crippen LogP contribution >= 0.6 is 0 Å². The Morgan fingerprint density at radius 3 is 2.38 bits per heavy atom. The van der Waals surface area contributed by atoms with Crippen LogP contribution in [-0.4, -0.2) is 24.2 Å². The summed E-state index contributed by atoms with van der Waals surface area (Å²) in [5, 5.41) is 8.66. The number of carbonyl (C=O) groups excluding carboxylic acids is 1. The predicted octanol–water partition coefficient (Wildman–Crippen LogP) is 3.21. The van der Waals surface area contributed by atoms with Crippen molar-refractivity contribution in [3.63, 3.8) is 0 Å². The number of carboxylic acid groups (broad SMARTS) is 1. The molecule has 2 rings (SSSR count). The smallest absolute Gasteiger partial charge is 0.341 e. The van der Waals surface area contributed by atoms with Crippen molar-refractivity contribution in [1.82, 2.24) is 0 Å². The topological polar surface area (TPSA) is 72.8 Å². The van der Waals surface area contributed by atoms with Gasteiger partial charge in [-0.05, 0) is 29.7 Å². The molecular weight excluding hydrogens is 315 g/mol. The van der Waals surface area contributed by atoms with Crippen molar-refractivity contribution in [1.29, 1.82) is 0 Å². The van der Waals surface area contributed by atoms with Crippen molar-refractivity contribution in [2.75, 3.05) is 7.11 Å². The van der Waals surface area contributed by atoms with Gasteiger partial charge < -0.3 is 14.6 Å². The van der Waals surface area contributed by atoms with E-state index in [1.54, 1.807) is 12.1 Å². The maximum atomic E-state index is 13.4. The van der Waals surface area contributed by atoms with E-state index in [1.165, 1.54) is 13.2 Å². The Bertz CT molecular complexity index is 725. The van der Waals surface area contributed by atoms with Gasteiger partial charge in [0.15, 0.2) is 0 Å². The molecule has 0 bridgehead atoms. The lowest BCUT2D eigenvalue weighted by Crippen LogP contribution is -2.06. The highest BCUT2D eigenvalue weighted by Crippen LogP contribution is 2.22. The van der Waals surface area contributed by atoms with Gasteiger partial charge in [0.25, 0.3) is 0 Å². The van der Waals surface area contributed by atoms with Crippen LogP contribution in [-0.2, 0) is 22.6 Å². The Labute approximate surface area is 138 Å². The summed E-state index contributed by atoms with van der Waals surface area (Å²) in [7, 11) is 1.24. The number of methoxy groups -OCH3 is 1. The van der Waals surface area contributed by atoms with Gasteiger partial charge in [0, 0.05) is 12.5 Å². The molecule has 0 amide bonds. The first-order chi connectivity index (χ1) is 11.5. The molecule has 126 valence electrons. The third kappa shape index (κ3) is 4.81. The van der Waals surface area contributed by atoms with Crippen molar-refractivity contribution in [3.05, 3.63) is 65.0 Å². The highest BCUT2D eigenvalue weighted by molar-refractivity contribution is 5.92. The van der Waals surface area contributed by atoms with E-state index in [1.807, 2.05) is 12.1 Å². The molecule has 5 nitrogen and oxygen atoms in total. The van der Waals surface area contributed by atoms with Crippen molar-refractivity contribution in [3.8, 4) is 5.75 Å². The number of hydrogen-bond acceptors (Lipinski definition) is 4. The number of halogens is 1. The average Bonchev–Trinajstić information content (AvgIpc) is 2.58. The summed E-state index contributed by atoms with van der Waals surface area (Å²) < 4.78 is 23.5. The van der Waals surface area contributed by atoms with Gasteiger partial charge >= 0.3 is 11.9 Å². The number of carboxylic acids is 1. The summed E-state index contributed by atoms with van der Waals surface area (Å²) in [5.41, 5.74) is 1.87. The fourth-order valence-corrected chi connectivity index (χ4v) is 2.11. The van der Waals surface area contributed by atoms with Crippen LogP contribution in [0.15, 0.2) is 42.5 Å². The van der Waals surface area contributed by atoms with Gasteiger partial charge in [0.05, 0.1) is 7.11 Å². The normalized spacial score (nSPS) is 10.2. The molecule has 0 atom stereocenters. The van der Waals surface area contributed by atoms with Crippen molar-refractivity contribution in [2.24, 2.45) is 0 Å². The molecular formula is C18H17FO5. The van der Waals surface area contributed by atoms with Crippen LogP contribution in [0.4, 0.5) is 4.39 Å². The minimum absolute atomic E-state index is 0.0711. The minimum atomic E-state index is -0.844. The second-order valence-electron chi connectivity index (χ2n) is 5.13. The second-order valence-corrected chi connectivity index (χ2v) is 5.13. The minimum Gasteiger partial charge on any atom is -0.488 e. The predicted molar refractivity (Wildman–Crippen MR) is 84.5 cm³/mol. The van der Waals surface area contributed by atoms with Gasteiger partial charge in [-0.25, -0.2) is 9.18 Å². The number of aryl methyl sites for hydroxylation is 1. The fraction of sp³-hybridized carbons (Fsp3) is 0.222. The Morgan fingerprint density at radius 2 is 1.75 bits per heavy atom. The standard InChI is InChI=1S/C18H17FO5/c1-23-18(22)15-8-7-14(19)10-16(15)24-11-13-4-2-12(3-5-13)6-9-17(20)21/h2-5,7-8,10H,6,9,11H2,1H3,(H,20,21). The molecule has 0 aliphatic heterocycles. The van der Waals surface area contributed by atoms with Crippen LogP contribution in [0.5, 0.6) is 5.75 Å². The lowest BCUT2D eigenvalue weighted by molar-refractivity contribution is -0.136. The molecule has 0 aliphatic carbocycles. The zero-order chi connectivity index (χ0) is 17.5. The Balaban J connectivity index is 2.04. The lowest BCUT2D eigenvalue weighted by Gasteiger charge is -2.11. The first kappa shape index (κ1) is 17.5.